The summed E-state index contributed by atoms with van der Waals surface area (Å²) in [5, 5.41) is 3.09. The standard InChI is InChI=1S/C20H26ClN3O3S/c1-15-6-9-17(10-7-15)28(26,27)24(4)16-8-11-19(21)18(14-16)20(25)22-12-5-13-23(2)3/h6-11,14H,5,12-13H2,1-4H3,(H,22,25). The molecule has 1 N–H and O–H groups in total. The Balaban J connectivity index is 2.21. The van der Waals surface area contributed by atoms with Crippen LogP contribution in [0.25, 0.3) is 0 Å². The van der Waals surface area contributed by atoms with Crippen molar-refractivity contribution in [3.63, 3.8) is 0 Å². The molecule has 0 spiro atoms. The third kappa shape index (κ3) is 5.47. The maximum absolute atomic E-state index is 12.9. The first kappa shape index (κ1) is 22.2. The van der Waals surface area contributed by atoms with Gasteiger partial charge in [-0.1, -0.05) is 29.3 Å². The number of carbonyl (C=O) groups is 1. The van der Waals surface area contributed by atoms with Gasteiger partial charge in [-0.2, -0.15) is 0 Å². The second-order valence-electron chi connectivity index (χ2n) is 6.86. The highest BCUT2D eigenvalue weighted by Crippen LogP contribution is 2.27. The summed E-state index contributed by atoms with van der Waals surface area (Å²) in [5.41, 5.74) is 1.58. The van der Waals surface area contributed by atoms with Gasteiger partial charge in [-0.05, 0) is 64.3 Å². The molecule has 0 fully saturated rings. The molecule has 0 aliphatic heterocycles. The number of sulfonamides is 1. The van der Waals surface area contributed by atoms with E-state index in [0.717, 1.165) is 22.8 Å². The Morgan fingerprint density at radius 3 is 2.32 bits per heavy atom. The number of carbonyl (C=O) groups excluding carboxylic acids is 1. The molecule has 28 heavy (non-hydrogen) atoms. The van der Waals surface area contributed by atoms with Gasteiger partial charge < -0.3 is 10.2 Å². The van der Waals surface area contributed by atoms with Gasteiger partial charge in [0.2, 0.25) is 0 Å². The number of nitrogens with one attached hydrogen (secondary N) is 1. The van der Waals surface area contributed by atoms with Gasteiger partial charge in [0, 0.05) is 13.6 Å². The van der Waals surface area contributed by atoms with E-state index < -0.39 is 10.0 Å². The van der Waals surface area contributed by atoms with E-state index in [0.29, 0.717) is 12.2 Å². The van der Waals surface area contributed by atoms with Crippen LogP contribution in [-0.4, -0.2) is 53.5 Å². The molecule has 0 aliphatic rings. The van der Waals surface area contributed by atoms with Crippen LogP contribution < -0.4 is 9.62 Å². The number of hydrogen-bond acceptors (Lipinski definition) is 4. The molecular formula is C20H26ClN3O3S. The third-order valence-electron chi connectivity index (χ3n) is 4.31. The summed E-state index contributed by atoms with van der Waals surface area (Å²) in [7, 11) is 1.64. The first-order chi connectivity index (χ1) is 13.1. The average Bonchev–Trinajstić information content (AvgIpc) is 2.65. The Labute approximate surface area is 172 Å². The van der Waals surface area contributed by atoms with Crippen LogP contribution in [0.1, 0.15) is 22.3 Å². The van der Waals surface area contributed by atoms with E-state index >= 15 is 0 Å². The zero-order valence-corrected chi connectivity index (χ0v) is 18.1. The van der Waals surface area contributed by atoms with E-state index in [9.17, 15) is 13.2 Å². The van der Waals surface area contributed by atoms with Gasteiger partial charge in [-0.3, -0.25) is 9.10 Å². The van der Waals surface area contributed by atoms with Crippen molar-refractivity contribution >= 4 is 33.2 Å². The first-order valence-corrected chi connectivity index (χ1v) is 10.7. The Morgan fingerprint density at radius 1 is 1.07 bits per heavy atom. The summed E-state index contributed by atoms with van der Waals surface area (Å²) in [5.74, 6) is -0.327. The Bertz CT molecular complexity index is 928. The van der Waals surface area contributed by atoms with Crippen molar-refractivity contribution < 1.29 is 13.2 Å². The van der Waals surface area contributed by atoms with Crippen LogP contribution in [0, 0.1) is 6.92 Å². The minimum atomic E-state index is -3.74. The van der Waals surface area contributed by atoms with E-state index in [1.165, 1.54) is 19.2 Å². The van der Waals surface area contributed by atoms with Crippen molar-refractivity contribution in [1.82, 2.24) is 10.2 Å². The number of aryl methyl sites for hydroxylation is 1. The Hall–Kier alpha value is -2.09. The summed E-state index contributed by atoms with van der Waals surface area (Å²) >= 11 is 6.17. The topological polar surface area (TPSA) is 69.7 Å². The lowest BCUT2D eigenvalue weighted by molar-refractivity contribution is 0.0952. The first-order valence-electron chi connectivity index (χ1n) is 8.91. The number of amides is 1. The van der Waals surface area contributed by atoms with Crippen molar-refractivity contribution in [1.29, 1.82) is 0 Å². The zero-order chi connectivity index (χ0) is 20.9. The van der Waals surface area contributed by atoms with Gasteiger partial charge in [0.1, 0.15) is 0 Å². The van der Waals surface area contributed by atoms with E-state index in [1.54, 1.807) is 30.3 Å². The van der Waals surface area contributed by atoms with Gasteiger partial charge in [0.25, 0.3) is 15.9 Å². The largest absolute Gasteiger partial charge is 0.352 e. The van der Waals surface area contributed by atoms with Gasteiger partial charge in [-0.15, -0.1) is 0 Å². The third-order valence-corrected chi connectivity index (χ3v) is 6.43. The van der Waals surface area contributed by atoms with E-state index in [1.807, 2.05) is 25.9 Å². The molecule has 0 heterocycles. The van der Waals surface area contributed by atoms with E-state index in [-0.39, 0.29) is 21.4 Å². The predicted molar refractivity (Wildman–Crippen MR) is 114 cm³/mol. The van der Waals surface area contributed by atoms with Crippen molar-refractivity contribution in [3.05, 3.63) is 58.6 Å². The molecule has 2 aromatic rings. The fourth-order valence-electron chi connectivity index (χ4n) is 2.58. The molecule has 0 saturated heterocycles. The second-order valence-corrected chi connectivity index (χ2v) is 9.24. The van der Waals surface area contributed by atoms with Crippen LogP contribution in [0.15, 0.2) is 47.4 Å². The van der Waals surface area contributed by atoms with Gasteiger partial charge in [-0.25, -0.2) is 8.42 Å². The molecule has 8 heteroatoms. The second kappa shape index (κ2) is 9.41. The molecule has 152 valence electrons. The molecule has 0 saturated carbocycles. The van der Waals surface area contributed by atoms with Crippen LogP contribution in [0.3, 0.4) is 0 Å². The number of rotatable bonds is 8. The molecule has 1 amide bonds. The Kier molecular flexibility index (Phi) is 7.46. The highest BCUT2D eigenvalue weighted by molar-refractivity contribution is 7.92. The number of anilines is 1. The highest BCUT2D eigenvalue weighted by Gasteiger charge is 2.22. The minimum absolute atomic E-state index is 0.185. The highest BCUT2D eigenvalue weighted by atomic mass is 35.5. The lowest BCUT2D eigenvalue weighted by atomic mass is 10.2. The summed E-state index contributed by atoms with van der Waals surface area (Å²) in [6.07, 6.45) is 0.803. The molecule has 6 nitrogen and oxygen atoms in total. The molecule has 0 atom stereocenters. The minimum Gasteiger partial charge on any atom is -0.352 e. The maximum atomic E-state index is 12.9. The van der Waals surface area contributed by atoms with Crippen molar-refractivity contribution in [2.45, 2.75) is 18.2 Å². The van der Waals surface area contributed by atoms with Crippen LogP contribution in [0.2, 0.25) is 5.02 Å². The molecule has 0 aliphatic carbocycles. The fourth-order valence-corrected chi connectivity index (χ4v) is 3.97. The molecule has 0 aromatic heterocycles. The van der Waals surface area contributed by atoms with Crippen LogP contribution >= 0.6 is 11.6 Å². The summed E-state index contributed by atoms with van der Waals surface area (Å²) in [6.45, 7) is 3.25. The number of hydrogen-bond donors (Lipinski definition) is 1. The molecular weight excluding hydrogens is 398 g/mol. The maximum Gasteiger partial charge on any atom is 0.264 e. The normalized spacial score (nSPS) is 11.5. The SMILES string of the molecule is Cc1ccc(S(=O)(=O)N(C)c2ccc(Cl)c(C(=O)NCCCN(C)C)c2)cc1. The van der Waals surface area contributed by atoms with Crippen molar-refractivity contribution in [2.24, 2.45) is 0 Å². The molecule has 2 rings (SSSR count). The smallest absolute Gasteiger partial charge is 0.264 e. The summed E-state index contributed by atoms with van der Waals surface area (Å²) in [6, 6.07) is 11.2. The van der Waals surface area contributed by atoms with Crippen molar-refractivity contribution in [2.75, 3.05) is 38.5 Å². The number of halogens is 1. The fraction of sp³-hybridized carbons (Fsp3) is 0.350. The summed E-state index contributed by atoms with van der Waals surface area (Å²) < 4.78 is 26.9. The number of benzene rings is 2. The van der Waals surface area contributed by atoms with Crippen LogP contribution in [0.4, 0.5) is 5.69 Å². The van der Waals surface area contributed by atoms with Crippen LogP contribution in [-0.2, 0) is 10.0 Å². The van der Waals surface area contributed by atoms with Gasteiger partial charge >= 0.3 is 0 Å². The van der Waals surface area contributed by atoms with Gasteiger partial charge in [0.15, 0.2) is 0 Å². The Morgan fingerprint density at radius 2 is 1.71 bits per heavy atom. The molecule has 0 bridgehead atoms. The lowest BCUT2D eigenvalue weighted by Gasteiger charge is -2.20. The van der Waals surface area contributed by atoms with Gasteiger partial charge in [0.05, 0.1) is 21.2 Å². The number of nitrogens with zero attached hydrogens (tertiary/aromatic N) is 2. The lowest BCUT2D eigenvalue weighted by Crippen LogP contribution is -2.29. The quantitative estimate of drug-likeness (QED) is 0.662. The molecule has 0 unspecified atom stereocenters. The summed E-state index contributed by atoms with van der Waals surface area (Å²) in [4.78, 5) is 14.7. The zero-order valence-electron chi connectivity index (χ0n) is 16.6. The average molecular weight is 424 g/mol. The monoisotopic (exact) mass is 423 g/mol. The molecule has 2 aromatic carbocycles. The van der Waals surface area contributed by atoms with Crippen molar-refractivity contribution in [3.8, 4) is 0 Å². The molecule has 0 radical (unpaired) electrons. The van der Waals surface area contributed by atoms with E-state index in [4.69, 9.17) is 11.6 Å². The van der Waals surface area contributed by atoms with Crippen LogP contribution in [0.5, 0.6) is 0 Å². The van der Waals surface area contributed by atoms with E-state index in [2.05, 4.69) is 5.32 Å². The predicted octanol–water partition coefficient (Wildman–Crippen LogP) is 3.16.